The standard InChI is InChI=1S/C14H22FN3O/c1-10(11-5-4-6-12(15)9-11)17-8-7-14(2,3)13(16)18-19/h4-6,9-10,17,19H,7-8H2,1-3H3,(H2,16,18). The number of nitrogens with one attached hydrogen (secondary N) is 1. The third-order valence-electron chi connectivity index (χ3n) is 3.35. The number of nitrogens with zero attached hydrogens (tertiary/aromatic N) is 1. The second-order valence-electron chi connectivity index (χ2n) is 5.35. The summed E-state index contributed by atoms with van der Waals surface area (Å²) in [5.41, 5.74) is 6.15. The van der Waals surface area contributed by atoms with Gasteiger partial charge in [-0.3, -0.25) is 0 Å². The van der Waals surface area contributed by atoms with Crippen LogP contribution in [0.3, 0.4) is 0 Å². The number of halogens is 1. The van der Waals surface area contributed by atoms with E-state index in [0.29, 0.717) is 6.54 Å². The minimum absolute atomic E-state index is 0.0544. The number of hydrogen-bond donors (Lipinski definition) is 3. The van der Waals surface area contributed by atoms with Gasteiger partial charge in [0.15, 0.2) is 0 Å². The van der Waals surface area contributed by atoms with Gasteiger partial charge in [0.1, 0.15) is 11.7 Å². The summed E-state index contributed by atoms with van der Waals surface area (Å²) >= 11 is 0. The minimum atomic E-state index is -0.372. The van der Waals surface area contributed by atoms with Crippen molar-refractivity contribution in [3.8, 4) is 0 Å². The van der Waals surface area contributed by atoms with Gasteiger partial charge in [-0.05, 0) is 37.6 Å². The van der Waals surface area contributed by atoms with Crippen LogP contribution >= 0.6 is 0 Å². The predicted octanol–water partition coefficient (Wildman–Crippen LogP) is 2.64. The van der Waals surface area contributed by atoms with Crippen LogP contribution in [0.4, 0.5) is 4.39 Å². The van der Waals surface area contributed by atoms with Crippen LogP contribution < -0.4 is 11.1 Å². The van der Waals surface area contributed by atoms with Gasteiger partial charge in [-0.15, -0.1) is 0 Å². The van der Waals surface area contributed by atoms with Crippen molar-refractivity contribution in [3.05, 3.63) is 35.6 Å². The molecule has 1 atom stereocenters. The molecule has 0 aliphatic carbocycles. The number of hydrogen-bond acceptors (Lipinski definition) is 3. The highest BCUT2D eigenvalue weighted by molar-refractivity contribution is 5.85. The largest absolute Gasteiger partial charge is 0.409 e. The third-order valence-corrected chi connectivity index (χ3v) is 3.35. The number of oxime groups is 1. The van der Waals surface area contributed by atoms with E-state index in [1.807, 2.05) is 26.8 Å². The van der Waals surface area contributed by atoms with Gasteiger partial charge in [-0.1, -0.05) is 31.1 Å². The lowest BCUT2D eigenvalue weighted by Crippen LogP contribution is -2.35. The SMILES string of the molecule is CC(NCCC(C)(C)C(N)=NO)c1cccc(F)c1. The van der Waals surface area contributed by atoms with Crippen LogP contribution in [0.15, 0.2) is 29.4 Å². The third kappa shape index (κ3) is 4.52. The molecule has 4 nitrogen and oxygen atoms in total. The van der Waals surface area contributed by atoms with Crippen molar-refractivity contribution >= 4 is 5.84 Å². The van der Waals surface area contributed by atoms with Crippen LogP contribution in [-0.4, -0.2) is 17.6 Å². The van der Waals surface area contributed by atoms with Crippen molar-refractivity contribution in [3.63, 3.8) is 0 Å². The molecule has 0 bridgehead atoms. The maximum atomic E-state index is 13.1. The lowest BCUT2D eigenvalue weighted by Gasteiger charge is -2.24. The molecule has 5 heteroatoms. The second kappa shape index (κ2) is 6.52. The fourth-order valence-electron chi connectivity index (χ4n) is 1.76. The molecule has 0 saturated carbocycles. The summed E-state index contributed by atoms with van der Waals surface area (Å²) in [5, 5.41) is 15.0. The molecule has 0 aromatic heterocycles. The monoisotopic (exact) mass is 267 g/mol. The Morgan fingerprint density at radius 3 is 2.79 bits per heavy atom. The Labute approximate surface area is 113 Å². The van der Waals surface area contributed by atoms with Crippen LogP contribution in [0, 0.1) is 11.2 Å². The van der Waals surface area contributed by atoms with Crippen molar-refractivity contribution in [2.24, 2.45) is 16.3 Å². The Hall–Kier alpha value is -1.62. The molecule has 1 rings (SSSR count). The van der Waals surface area contributed by atoms with E-state index in [9.17, 15) is 4.39 Å². The van der Waals surface area contributed by atoms with Crippen LogP contribution in [-0.2, 0) is 0 Å². The first-order valence-corrected chi connectivity index (χ1v) is 6.33. The van der Waals surface area contributed by atoms with Crippen LogP contribution in [0.25, 0.3) is 0 Å². The molecule has 0 spiro atoms. The zero-order valence-corrected chi connectivity index (χ0v) is 11.7. The van der Waals surface area contributed by atoms with Gasteiger partial charge in [0.25, 0.3) is 0 Å². The lowest BCUT2D eigenvalue weighted by molar-refractivity contribution is 0.304. The maximum absolute atomic E-state index is 13.1. The van der Waals surface area contributed by atoms with Gasteiger partial charge in [0.2, 0.25) is 0 Å². The van der Waals surface area contributed by atoms with Crippen molar-refractivity contribution in [2.45, 2.75) is 33.2 Å². The Balaban J connectivity index is 2.50. The fourth-order valence-corrected chi connectivity index (χ4v) is 1.76. The molecule has 0 heterocycles. The highest BCUT2D eigenvalue weighted by Crippen LogP contribution is 2.20. The first-order valence-electron chi connectivity index (χ1n) is 6.33. The zero-order valence-electron chi connectivity index (χ0n) is 11.7. The summed E-state index contributed by atoms with van der Waals surface area (Å²) in [5.74, 6) is -0.0177. The highest BCUT2D eigenvalue weighted by atomic mass is 19.1. The summed E-state index contributed by atoms with van der Waals surface area (Å²) in [6, 6.07) is 6.58. The van der Waals surface area contributed by atoms with Crippen LogP contribution in [0.1, 0.15) is 38.8 Å². The first kappa shape index (κ1) is 15.4. The van der Waals surface area contributed by atoms with Gasteiger partial charge in [0.05, 0.1) is 0 Å². The summed E-state index contributed by atoms with van der Waals surface area (Å²) in [6.07, 6.45) is 0.725. The summed E-state index contributed by atoms with van der Waals surface area (Å²) in [6.45, 7) is 6.50. The summed E-state index contributed by atoms with van der Waals surface area (Å²) in [4.78, 5) is 0. The van der Waals surface area contributed by atoms with Crippen molar-refractivity contribution in [1.82, 2.24) is 5.32 Å². The van der Waals surface area contributed by atoms with E-state index in [-0.39, 0.29) is 23.1 Å². The minimum Gasteiger partial charge on any atom is -0.409 e. The van der Waals surface area contributed by atoms with E-state index in [4.69, 9.17) is 10.9 Å². The van der Waals surface area contributed by atoms with E-state index in [2.05, 4.69) is 10.5 Å². The molecule has 0 aliphatic rings. The van der Waals surface area contributed by atoms with Gasteiger partial charge < -0.3 is 16.3 Å². The van der Waals surface area contributed by atoms with Crippen LogP contribution in [0.2, 0.25) is 0 Å². The normalized spacial score (nSPS) is 14.4. The van der Waals surface area contributed by atoms with E-state index in [1.165, 1.54) is 12.1 Å². The fraction of sp³-hybridized carbons (Fsp3) is 0.500. The molecule has 0 fully saturated rings. The number of amidine groups is 1. The van der Waals surface area contributed by atoms with E-state index in [0.717, 1.165) is 12.0 Å². The smallest absolute Gasteiger partial charge is 0.144 e. The quantitative estimate of drug-likeness (QED) is 0.321. The predicted molar refractivity (Wildman–Crippen MR) is 74.6 cm³/mol. The van der Waals surface area contributed by atoms with Gasteiger partial charge in [-0.25, -0.2) is 4.39 Å². The molecule has 106 valence electrons. The van der Waals surface area contributed by atoms with Crippen LogP contribution in [0.5, 0.6) is 0 Å². The number of benzene rings is 1. The molecule has 1 aromatic carbocycles. The van der Waals surface area contributed by atoms with E-state index < -0.39 is 0 Å². The average molecular weight is 267 g/mol. The Bertz CT molecular complexity index is 446. The molecular formula is C14H22FN3O. The first-order chi connectivity index (χ1) is 8.86. The molecule has 0 radical (unpaired) electrons. The molecular weight excluding hydrogens is 245 g/mol. The summed E-state index contributed by atoms with van der Waals surface area (Å²) in [7, 11) is 0. The molecule has 19 heavy (non-hydrogen) atoms. The average Bonchev–Trinajstić information content (AvgIpc) is 2.37. The van der Waals surface area contributed by atoms with Gasteiger partial charge >= 0.3 is 0 Å². The molecule has 0 saturated heterocycles. The topological polar surface area (TPSA) is 70.6 Å². The second-order valence-corrected chi connectivity index (χ2v) is 5.35. The molecule has 0 aliphatic heterocycles. The van der Waals surface area contributed by atoms with Gasteiger partial charge in [-0.2, -0.15) is 0 Å². The van der Waals surface area contributed by atoms with E-state index in [1.54, 1.807) is 6.07 Å². The molecule has 1 aromatic rings. The molecule has 4 N–H and O–H groups in total. The summed E-state index contributed by atoms with van der Waals surface area (Å²) < 4.78 is 13.1. The highest BCUT2D eigenvalue weighted by Gasteiger charge is 2.23. The van der Waals surface area contributed by atoms with Crippen molar-refractivity contribution in [2.75, 3.05) is 6.54 Å². The van der Waals surface area contributed by atoms with E-state index >= 15 is 0 Å². The molecule has 1 unspecified atom stereocenters. The zero-order chi connectivity index (χ0) is 14.5. The Kier molecular flexibility index (Phi) is 5.30. The van der Waals surface area contributed by atoms with Gasteiger partial charge in [0, 0.05) is 11.5 Å². The number of nitrogens with two attached hydrogens (primary N) is 1. The van der Waals surface area contributed by atoms with Crippen molar-refractivity contribution in [1.29, 1.82) is 0 Å². The van der Waals surface area contributed by atoms with Crippen molar-refractivity contribution < 1.29 is 9.60 Å². The molecule has 0 amide bonds. The maximum Gasteiger partial charge on any atom is 0.144 e. The Morgan fingerprint density at radius 2 is 2.21 bits per heavy atom. The lowest BCUT2D eigenvalue weighted by atomic mass is 9.88. The Morgan fingerprint density at radius 1 is 1.53 bits per heavy atom. The number of rotatable bonds is 6.